The number of rotatable bonds is 2. The average Bonchev–Trinajstić information content (AvgIpc) is 2.30. The van der Waals surface area contributed by atoms with Gasteiger partial charge in [0.05, 0.1) is 11.2 Å². The molecule has 0 saturated heterocycles. The third-order valence-electron chi connectivity index (χ3n) is 2.31. The van der Waals surface area contributed by atoms with E-state index in [1.54, 1.807) is 6.21 Å². The largest absolute Gasteiger partial charge is 0.259 e. The van der Waals surface area contributed by atoms with Crippen LogP contribution >= 0.6 is 22.6 Å². The second kappa shape index (κ2) is 4.74. The number of pyridine rings is 1. The fourth-order valence-corrected chi connectivity index (χ4v) is 2.02. The molecular formula is C13H11IN2. The van der Waals surface area contributed by atoms with Gasteiger partial charge in [0.25, 0.3) is 0 Å². The zero-order valence-electron chi connectivity index (χ0n) is 8.94. The van der Waals surface area contributed by atoms with Crippen LogP contribution in [-0.2, 0) is 0 Å². The summed E-state index contributed by atoms with van der Waals surface area (Å²) < 4.78 is 0.971. The summed E-state index contributed by atoms with van der Waals surface area (Å²) in [5.74, 6) is 0. The van der Waals surface area contributed by atoms with Gasteiger partial charge in [-0.25, -0.2) is 4.98 Å². The summed E-state index contributed by atoms with van der Waals surface area (Å²) in [5.41, 5.74) is 2.84. The maximum absolute atomic E-state index is 4.53. The second-order valence-electron chi connectivity index (χ2n) is 3.30. The first-order chi connectivity index (χ1) is 7.76. The standard InChI is InChI=1S/C13H11IN2/c1-3-9-5-6-10-7-8-11(14)16-13(10)12(9)15-4-2/h3-8H,1H2,2H3. The van der Waals surface area contributed by atoms with Crippen molar-refractivity contribution in [3.8, 4) is 0 Å². The van der Waals surface area contributed by atoms with Gasteiger partial charge in [-0.2, -0.15) is 0 Å². The normalized spacial score (nSPS) is 11.1. The smallest absolute Gasteiger partial charge is 0.102 e. The van der Waals surface area contributed by atoms with Gasteiger partial charge in [-0.1, -0.05) is 30.9 Å². The number of benzene rings is 1. The van der Waals surface area contributed by atoms with E-state index in [1.165, 1.54) is 0 Å². The quantitative estimate of drug-likeness (QED) is 0.462. The lowest BCUT2D eigenvalue weighted by molar-refractivity contribution is 1.33. The van der Waals surface area contributed by atoms with Gasteiger partial charge in [0.15, 0.2) is 0 Å². The van der Waals surface area contributed by atoms with Crippen LogP contribution in [0.2, 0.25) is 0 Å². The molecule has 0 aliphatic heterocycles. The van der Waals surface area contributed by atoms with Gasteiger partial charge in [-0.15, -0.1) is 0 Å². The topological polar surface area (TPSA) is 25.2 Å². The minimum Gasteiger partial charge on any atom is -0.259 e. The Kier molecular flexibility index (Phi) is 3.33. The molecule has 0 spiro atoms. The van der Waals surface area contributed by atoms with Crippen LogP contribution in [0.25, 0.3) is 17.0 Å². The van der Waals surface area contributed by atoms with Crippen molar-refractivity contribution >= 4 is 51.5 Å². The molecule has 3 heteroatoms. The Balaban J connectivity index is 2.86. The summed E-state index contributed by atoms with van der Waals surface area (Å²) >= 11 is 2.21. The van der Waals surface area contributed by atoms with E-state index in [-0.39, 0.29) is 0 Å². The number of aliphatic imine (C=N–C) groups is 1. The van der Waals surface area contributed by atoms with E-state index in [0.29, 0.717) is 0 Å². The summed E-state index contributed by atoms with van der Waals surface area (Å²) in [6, 6.07) is 8.12. The van der Waals surface area contributed by atoms with Crippen LogP contribution in [0.3, 0.4) is 0 Å². The Morgan fingerprint density at radius 1 is 1.31 bits per heavy atom. The highest BCUT2D eigenvalue weighted by Gasteiger charge is 2.05. The first-order valence-electron chi connectivity index (χ1n) is 4.96. The minimum absolute atomic E-state index is 0.897. The summed E-state index contributed by atoms with van der Waals surface area (Å²) in [4.78, 5) is 8.91. The molecule has 1 aromatic heterocycles. The Morgan fingerprint density at radius 3 is 2.75 bits per heavy atom. The number of fused-ring (bicyclic) bond motifs is 1. The molecule has 2 nitrogen and oxygen atoms in total. The van der Waals surface area contributed by atoms with E-state index in [9.17, 15) is 0 Å². The highest BCUT2D eigenvalue weighted by Crippen LogP contribution is 2.29. The number of aromatic nitrogens is 1. The maximum atomic E-state index is 4.53. The minimum atomic E-state index is 0.897. The number of nitrogens with zero attached hydrogens (tertiary/aromatic N) is 2. The molecule has 0 radical (unpaired) electrons. The van der Waals surface area contributed by atoms with E-state index in [0.717, 1.165) is 25.9 Å². The van der Waals surface area contributed by atoms with Crippen LogP contribution in [-0.4, -0.2) is 11.2 Å². The molecule has 0 amide bonds. The SMILES string of the molecule is C=Cc1ccc2ccc(I)nc2c1N=CC. The van der Waals surface area contributed by atoms with E-state index < -0.39 is 0 Å². The van der Waals surface area contributed by atoms with E-state index in [2.05, 4.69) is 45.2 Å². The summed E-state index contributed by atoms with van der Waals surface area (Å²) in [6.45, 7) is 5.70. The predicted octanol–water partition coefficient (Wildman–Crippen LogP) is 4.20. The predicted molar refractivity (Wildman–Crippen MR) is 78.4 cm³/mol. The lowest BCUT2D eigenvalue weighted by Gasteiger charge is -2.05. The fourth-order valence-electron chi connectivity index (χ4n) is 1.59. The average molecular weight is 322 g/mol. The van der Waals surface area contributed by atoms with Crippen LogP contribution in [0.4, 0.5) is 5.69 Å². The lowest BCUT2D eigenvalue weighted by Crippen LogP contribution is -1.86. The lowest BCUT2D eigenvalue weighted by atomic mass is 10.1. The van der Waals surface area contributed by atoms with E-state index in [1.807, 2.05) is 31.2 Å². The van der Waals surface area contributed by atoms with Crippen molar-refractivity contribution in [3.63, 3.8) is 0 Å². The van der Waals surface area contributed by atoms with Crippen LogP contribution in [0.5, 0.6) is 0 Å². The van der Waals surface area contributed by atoms with Crippen LogP contribution in [0, 0.1) is 3.70 Å². The van der Waals surface area contributed by atoms with Gasteiger partial charge in [0, 0.05) is 17.2 Å². The van der Waals surface area contributed by atoms with Gasteiger partial charge in [0.1, 0.15) is 3.70 Å². The number of hydrogen-bond donors (Lipinski definition) is 0. The van der Waals surface area contributed by atoms with Crippen molar-refractivity contribution in [1.29, 1.82) is 0 Å². The van der Waals surface area contributed by atoms with Crippen molar-refractivity contribution in [3.05, 3.63) is 40.1 Å². The van der Waals surface area contributed by atoms with Gasteiger partial charge >= 0.3 is 0 Å². The van der Waals surface area contributed by atoms with Gasteiger partial charge < -0.3 is 0 Å². The molecule has 0 aliphatic carbocycles. The molecule has 1 aromatic carbocycles. The first kappa shape index (κ1) is 11.3. The van der Waals surface area contributed by atoms with Crippen LogP contribution in [0.1, 0.15) is 12.5 Å². The van der Waals surface area contributed by atoms with Crippen molar-refractivity contribution < 1.29 is 0 Å². The van der Waals surface area contributed by atoms with Gasteiger partial charge in [0.2, 0.25) is 0 Å². The van der Waals surface area contributed by atoms with Crippen molar-refractivity contribution in [1.82, 2.24) is 4.98 Å². The van der Waals surface area contributed by atoms with Gasteiger partial charge in [-0.3, -0.25) is 4.99 Å². The van der Waals surface area contributed by atoms with Crippen LogP contribution < -0.4 is 0 Å². The molecule has 2 rings (SSSR count). The molecule has 2 aromatic rings. The Hall–Kier alpha value is -1.23. The molecule has 0 saturated carbocycles. The highest BCUT2D eigenvalue weighted by atomic mass is 127. The van der Waals surface area contributed by atoms with Crippen molar-refractivity contribution in [2.45, 2.75) is 6.92 Å². The molecule has 0 aliphatic rings. The first-order valence-corrected chi connectivity index (χ1v) is 6.04. The summed E-state index contributed by atoms with van der Waals surface area (Å²) in [5, 5.41) is 1.10. The molecule has 16 heavy (non-hydrogen) atoms. The molecule has 1 heterocycles. The molecule has 0 N–H and O–H groups in total. The Morgan fingerprint density at radius 2 is 2.06 bits per heavy atom. The monoisotopic (exact) mass is 322 g/mol. The number of hydrogen-bond acceptors (Lipinski definition) is 2. The fraction of sp³-hybridized carbons (Fsp3) is 0.0769. The second-order valence-corrected chi connectivity index (χ2v) is 4.41. The van der Waals surface area contributed by atoms with Crippen molar-refractivity contribution in [2.24, 2.45) is 4.99 Å². The van der Waals surface area contributed by atoms with Gasteiger partial charge in [-0.05, 0) is 35.6 Å². The Bertz CT molecular complexity index is 573. The zero-order valence-corrected chi connectivity index (χ0v) is 11.1. The molecule has 0 bridgehead atoms. The van der Waals surface area contributed by atoms with Crippen LogP contribution in [0.15, 0.2) is 35.8 Å². The highest BCUT2D eigenvalue weighted by molar-refractivity contribution is 14.1. The summed E-state index contributed by atoms with van der Waals surface area (Å²) in [6.07, 6.45) is 3.59. The van der Waals surface area contributed by atoms with Crippen molar-refractivity contribution in [2.75, 3.05) is 0 Å². The molecule has 0 unspecified atom stereocenters. The van der Waals surface area contributed by atoms with E-state index >= 15 is 0 Å². The maximum Gasteiger partial charge on any atom is 0.102 e. The third kappa shape index (κ3) is 2.00. The molecule has 80 valence electrons. The molecular weight excluding hydrogens is 311 g/mol. The molecule has 0 fully saturated rings. The number of halogens is 1. The Labute approximate surface area is 108 Å². The summed E-state index contributed by atoms with van der Waals surface area (Å²) in [7, 11) is 0. The van der Waals surface area contributed by atoms with E-state index in [4.69, 9.17) is 0 Å². The third-order valence-corrected chi connectivity index (χ3v) is 2.91. The zero-order chi connectivity index (χ0) is 11.5. The molecule has 0 atom stereocenters.